The summed E-state index contributed by atoms with van der Waals surface area (Å²) >= 11 is 3.36. The number of benzene rings is 3. The van der Waals surface area contributed by atoms with E-state index < -0.39 is 16.4 Å². The molecule has 4 nitrogen and oxygen atoms in total. The van der Waals surface area contributed by atoms with Crippen molar-refractivity contribution in [3.05, 3.63) is 106 Å². The highest BCUT2D eigenvalue weighted by Crippen LogP contribution is 2.22. The van der Waals surface area contributed by atoms with Crippen LogP contribution in [0.2, 0.25) is 0 Å². The lowest BCUT2D eigenvalue weighted by Gasteiger charge is -2.06. The van der Waals surface area contributed by atoms with Gasteiger partial charge in [0.2, 0.25) is 5.82 Å². The third kappa shape index (κ3) is 6.29. The summed E-state index contributed by atoms with van der Waals surface area (Å²) < 4.78 is 18.7. The van der Waals surface area contributed by atoms with Crippen LogP contribution >= 0.6 is 15.9 Å². The van der Waals surface area contributed by atoms with Crippen molar-refractivity contribution in [2.75, 3.05) is 0 Å². The third-order valence-corrected chi connectivity index (χ3v) is 4.01. The van der Waals surface area contributed by atoms with Crippen LogP contribution in [-0.4, -0.2) is 4.92 Å². The van der Waals surface area contributed by atoms with Crippen molar-refractivity contribution in [2.45, 2.75) is 11.9 Å². The van der Waals surface area contributed by atoms with Crippen molar-refractivity contribution in [1.82, 2.24) is 0 Å². The first-order valence-corrected chi connectivity index (χ1v) is 8.93. The number of alkyl halides is 1. The fourth-order valence-electron chi connectivity index (χ4n) is 2.03. The molecular weight excluding hydrogens is 401 g/mol. The molecule has 6 heteroatoms. The van der Waals surface area contributed by atoms with Crippen molar-refractivity contribution < 1.29 is 14.1 Å². The first-order chi connectivity index (χ1) is 12.6. The summed E-state index contributed by atoms with van der Waals surface area (Å²) in [6.07, 6.45) is 0. The molecule has 0 amide bonds. The Bertz CT molecular complexity index is 829. The molecule has 0 atom stereocenters. The van der Waals surface area contributed by atoms with Crippen LogP contribution in [0.4, 0.5) is 10.1 Å². The molecule has 3 rings (SSSR count). The molecule has 0 unspecified atom stereocenters. The minimum atomic E-state index is -0.898. The molecule has 0 fully saturated rings. The molecule has 0 aliphatic heterocycles. The van der Waals surface area contributed by atoms with Crippen LogP contribution in [0.25, 0.3) is 0 Å². The third-order valence-electron chi connectivity index (χ3n) is 3.36. The van der Waals surface area contributed by atoms with E-state index in [0.29, 0.717) is 0 Å². The normalized spacial score (nSPS) is 9.77. The van der Waals surface area contributed by atoms with Crippen LogP contribution in [-0.2, 0) is 11.9 Å². The van der Waals surface area contributed by atoms with Gasteiger partial charge in [-0.15, -0.1) is 0 Å². The van der Waals surface area contributed by atoms with E-state index in [1.54, 1.807) is 0 Å². The molecule has 26 heavy (non-hydrogen) atoms. The van der Waals surface area contributed by atoms with E-state index in [9.17, 15) is 14.5 Å². The van der Waals surface area contributed by atoms with E-state index in [4.69, 9.17) is 4.74 Å². The molecule has 0 aliphatic carbocycles. The number of rotatable bonds is 5. The fourth-order valence-corrected chi connectivity index (χ4v) is 2.41. The number of hydrogen-bond donors (Lipinski definition) is 0. The second kappa shape index (κ2) is 10.3. The maximum absolute atomic E-state index is 13.3. The molecule has 0 radical (unpaired) electrons. The van der Waals surface area contributed by atoms with Gasteiger partial charge in [-0.2, -0.15) is 4.39 Å². The predicted octanol–water partition coefficient (Wildman–Crippen LogP) is 5.89. The number of nitro benzene ring substituents is 1. The van der Waals surface area contributed by atoms with Gasteiger partial charge in [-0.1, -0.05) is 76.6 Å². The van der Waals surface area contributed by atoms with Crippen LogP contribution in [0.1, 0.15) is 11.1 Å². The van der Waals surface area contributed by atoms with Crippen molar-refractivity contribution >= 4 is 21.6 Å². The van der Waals surface area contributed by atoms with Gasteiger partial charge in [0.15, 0.2) is 0 Å². The van der Waals surface area contributed by atoms with Crippen molar-refractivity contribution in [2.24, 2.45) is 0 Å². The van der Waals surface area contributed by atoms with E-state index in [1.165, 1.54) is 11.6 Å². The van der Waals surface area contributed by atoms with Gasteiger partial charge >= 0.3 is 5.69 Å². The molecule has 0 N–H and O–H groups in total. The van der Waals surface area contributed by atoms with Gasteiger partial charge < -0.3 is 4.74 Å². The topological polar surface area (TPSA) is 52.4 Å². The summed E-state index contributed by atoms with van der Waals surface area (Å²) in [5.74, 6) is -0.632. The Morgan fingerprint density at radius 3 is 1.96 bits per heavy atom. The monoisotopic (exact) mass is 417 g/mol. The minimum absolute atomic E-state index is 0.266. The molecule has 0 saturated carbocycles. The molecule has 0 aromatic heterocycles. The zero-order valence-electron chi connectivity index (χ0n) is 13.8. The van der Waals surface area contributed by atoms with E-state index in [0.717, 1.165) is 23.0 Å². The molecule has 3 aromatic carbocycles. The number of ether oxygens (including phenoxy) is 1. The molecular formula is C20H17BrFNO3. The molecule has 3 aromatic rings. The molecule has 0 spiro atoms. The van der Waals surface area contributed by atoms with Crippen molar-refractivity contribution in [3.8, 4) is 5.75 Å². The van der Waals surface area contributed by atoms with Gasteiger partial charge in [0.1, 0.15) is 12.4 Å². The maximum Gasteiger partial charge on any atom is 0.305 e. The highest BCUT2D eigenvalue weighted by atomic mass is 79.9. The highest BCUT2D eigenvalue weighted by Gasteiger charge is 2.14. The number of nitrogens with zero attached hydrogens (tertiary/aromatic N) is 1. The van der Waals surface area contributed by atoms with Gasteiger partial charge in [-0.25, -0.2) is 0 Å². The smallest absolute Gasteiger partial charge is 0.305 e. The Morgan fingerprint density at radius 2 is 1.50 bits per heavy atom. The van der Waals surface area contributed by atoms with Gasteiger partial charge in [0, 0.05) is 17.5 Å². The van der Waals surface area contributed by atoms with E-state index in [1.807, 2.05) is 48.5 Å². The second-order valence-corrected chi connectivity index (χ2v) is 5.82. The Kier molecular flexibility index (Phi) is 7.76. The standard InChI is InChI=1S/C13H10FNO3.C7H7Br/c14-12-8-11(6-7-13(12)15(16)17)18-9-10-4-2-1-3-5-10;8-6-7-4-2-1-3-5-7/h1-8H,9H2;1-5H,6H2. The van der Waals surface area contributed by atoms with E-state index >= 15 is 0 Å². The fraction of sp³-hybridized carbons (Fsp3) is 0.100. The Morgan fingerprint density at radius 1 is 0.923 bits per heavy atom. The van der Waals surface area contributed by atoms with Crippen molar-refractivity contribution in [3.63, 3.8) is 0 Å². The molecule has 0 heterocycles. The Labute approximate surface area is 159 Å². The van der Waals surface area contributed by atoms with Crippen LogP contribution < -0.4 is 4.74 Å². The van der Waals surface area contributed by atoms with E-state index in [-0.39, 0.29) is 12.4 Å². The minimum Gasteiger partial charge on any atom is -0.489 e. The summed E-state index contributed by atoms with van der Waals surface area (Å²) in [6, 6.07) is 23.1. The van der Waals surface area contributed by atoms with Crippen molar-refractivity contribution in [1.29, 1.82) is 0 Å². The average molecular weight is 418 g/mol. The first-order valence-electron chi connectivity index (χ1n) is 7.80. The maximum atomic E-state index is 13.3. The largest absolute Gasteiger partial charge is 0.489 e. The quantitative estimate of drug-likeness (QED) is 0.295. The molecule has 0 saturated heterocycles. The molecule has 134 valence electrons. The van der Waals surface area contributed by atoms with Gasteiger partial charge in [0.25, 0.3) is 0 Å². The molecule has 0 aliphatic rings. The average Bonchev–Trinajstić information content (AvgIpc) is 2.68. The van der Waals surface area contributed by atoms with Gasteiger partial charge in [0.05, 0.1) is 4.92 Å². The lowest BCUT2D eigenvalue weighted by Crippen LogP contribution is -1.97. The number of nitro groups is 1. The number of halogens is 2. The SMILES string of the molecule is BrCc1ccccc1.O=[N+]([O-])c1ccc(OCc2ccccc2)cc1F. The van der Waals surface area contributed by atoms with E-state index in [2.05, 4.69) is 28.1 Å². The summed E-state index contributed by atoms with van der Waals surface area (Å²) in [6.45, 7) is 0.290. The summed E-state index contributed by atoms with van der Waals surface area (Å²) in [7, 11) is 0. The van der Waals surface area contributed by atoms with Gasteiger partial charge in [-0.3, -0.25) is 10.1 Å². The zero-order valence-corrected chi connectivity index (χ0v) is 15.4. The Hall–Kier alpha value is -2.73. The van der Waals surface area contributed by atoms with Crippen LogP contribution in [0.5, 0.6) is 5.75 Å². The summed E-state index contributed by atoms with van der Waals surface area (Å²) in [5.41, 5.74) is 1.71. The van der Waals surface area contributed by atoms with Gasteiger partial charge in [-0.05, 0) is 17.2 Å². The van der Waals surface area contributed by atoms with Crippen LogP contribution in [0.3, 0.4) is 0 Å². The Balaban J connectivity index is 0.000000254. The molecule has 0 bridgehead atoms. The zero-order chi connectivity index (χ0) is 18.8. The highest BCUT2D eigenvalue weighted by molar-refractivity contribution is 9.08. The second-order valence-electron chi connectivity index (χ2n) is 5.26. The number of hydrogen-bond acceptors (Lipinski definition) is 3. The lowest BCUT2D eigenvalue weighted by atomic mass is 10.2. The summed E-state index contributed by atoms with van der Waals surface area (Å²) in [4.78, 5) is 9.67. The predicted molar refractivity (Wildman–Crippen MR) is 103 cm³/mol. The van der Waals surface area contributed by atoms with Crippen LogP contribution in [0, 0.1) is 15.9 Å². The summed E-state index contributed by atoms with van der Waals surface area (Å²) in [5, 5.41) is 11.4. The van der Waals surface area contributed by atoms with Crippen LogP contribution in [0.15, 0.2) is 78.9 Å². The first kappa shape index (κ1) is 19.6. The lowest BCUT2D eigenvalue weighted by molar-refractivity contribution is -0.387.